The first kappa shape index (κ1) is 14.0. The number of non-ortho nitro benzene ring substituents is 1. The summed E-state index contributed by atoms with van der Waals surface area (Å²) in [6.45, 7) is 0. The number of aromatic carboxylic acids is 1. The van der Waals surface area contributed by atoms with Crippen molar-refractivity contribution in [2.24, 2.45) is 0 Å². The second-order valence-corrected chi connectivity index (χ2v) is 2.63. The molecular weight excluding hydrogens is 237 g/mol. The van der Waals surface area contributed by atoms with Gasteiger partial charge in [0.05, 0.1) is 15.5 Å². The predicted molar refractivity (Wildman–Crippen MR) is 45.1 cm³/mol. The molecule has 0 heterocycles. The Labute approximate surface area is 127 Å². The minimum Gasteiger partial charge on any atom is -0.478 e. The van der Waals surface area contributed by atoms with Crippen LogP contribution in [0.3, 0.4) is 0 Å². The third-order valence-electron chi connectivity index (χ3n) is 1.39. The molecule has 14 heavy (non-hydrogen) atoms. The number of nitrogens with zero attached hydrogens (tertiary/aromatic N) is 1. The fourth-order valence-corrected chi connectivity index (χ4v) is 1.05. The van der Waals surface area contributed by atoms with Crippen molar-refractivity contribution in [1.29, 1.82) is 0 Å². The normalized spacial score (nSPS) is 8.93. The second kappa shape index (κ2) is 5.79. The summed E-state index contributed by atoms with van der Waals surface area (Å²) < 4.78 is 0. The molecule has 0 atom stereocenters. The molecule has 0 bridgehead atoms. The molecule has 0 unspecified atom stereocenters. The van der Waals surface area contributed by atoms with Gasteiger partial charge in [0.1, 0.15) is 0 Å². The molecule has 1 rings (SSSR count). The maximum Gasteiger partial charge on any atom is 1.00 e. The zero-order chi connectivity index (χ0) is 10.0. The van der Waals surface area contributed by atoms with E-state index < -0.39 is 10.9 Å². The van der Waals surface area contributed by atoms with Crippen molar-refractivity contribution in [3.63, 3.8) is 0 Å². The van der Waals surface area contributed by atoms with E-state index in [1.807, 2.05) is 0 Å². The summed E-state index contributed by atoms with van der Waals surface area (Å²) in [4.78, 5) is 20.0. The van der Waals surface area contributed by atoms with E-state index in [9.17, 15) is 14.9 Å². The van der Waals surface area contributed by atoms with Gasteiger partial charge in [0.25, 0.3) is 5.69 Å². The fourth-order valence-electron chi connectivity index (χ4n) is 0.791. The molecule has 0 saturated heterocycles. The number of halogens is 1. The molecule has 1 aromatic carbocycles. The van der Waals surface area contributed by atoms with Gasteiger partial charge >= 0.3 is 57.4 Å². The van der Waals surface area contributed by atoms with Gasteiger partial charge in [-0.05, 0) is 6.07 Å². The van der Waals surface area contributed by atoms with Gasteiger partial charge in [-0.3, -0.25) is 10.1 Å². The Balaban J connectivity index is 0.00000169. The van der Waals surface area contributed by atoms with Gasteiger partial charge < -0.3 is 5.11 Å². The molecule has 0 radical (unpaired) electrons. The van der Waals surface area contributed by atoms with E-state index in [-0.39, 0.29) is 67.7 Å². The first-order chi connectivity index (χ1) is 6.02. The average molecular weight is 241 g/mol. The van der Waals surface area contributed by atoms with Crippen LogP contribution in [0.25, 0.3) is 0 Å². The van der Waals surface area contributed by atoms with E-state index in [1.54, 1.807) is 0 Å². The largest absolute Gasteiger partial charge is 1.00 e. The molecule has 68 valence electrons. The zero-order valence-electron chi connectivity index (χ0n) is 7.23. The second-order valence-electron chi connectivity index (χ2n) is 2.23. The Kier molecular flexibility index (Phi) is 5.80. The summed E-state index contributed by atoms with van der Waals surface area (Å²) >= 11 is 5.48. The van der Waals surface area contributed by atoms with Gasteiger partial charge in [0.2, 0.25) is 0 Å². The van der Waals surface area contributed by atoms with Gasteiger partial charge in [0, 0.05) is 12.1 Å². The average Bonchev–Trinajstić information content (AvgIpc) is 2.03. The van der Waals surface area contributed by atoms with Gasteiger partial charge in [-0.2, -0.15) is 0 Å². The van der Waals surface area contributed by atoms with Crippen LogP contribution in [0.4, 0.5) is 5.69 Å². The number of nitro groups is 1. The monoisotopic (exact) mass is 240 g/mol. The Morgan fingerprint density at radius 2 is 2.07 bits per heavy atom. The third-order valence-corrected chi connectivity index (χ3v) is 1.71. The minimum absolute atomic E-state index is 0. The number of carbonyl (C=O) groups is 1. The maximum atomic E-state index is 10.4. The van der Waals surface area contributed by atoms with Crippen molar-refractivity contribution in [3.05, 3.63) is 38.9 Å². The smallest absolute Gasteiger partial charge is 0.478 e. The van der Waals surface area contributed by atoms with E-state index in [4.69, 9.17) is 16.7 Å². The van der Waals surface area contributed by atoms with Crippen LogP contribution in [0.2, 0.25) is 5.02 Å². The minimum atomic E-state index is -1.21. The standard InChI is InChI=1S/C7H4ClNO4.K/c8-6-3-4(9(12)13)1-2-5(6)7(10)11;/h1-3H,(H,10,11);/q;+1. The molecule has 0 aliphatic heterocycles. The Bertz CT molecular complexity index is 382. The van der Waals surface area contributed by atoms with Crippen molar-refractivity contribution in [1.82, 2.24) is 0 Å². The summed E-state index contributed by atoms with van der Waals surface area (Å²) in [6.07, 6.45) is 0. The molecule has 0 spiro atoms. The van der Waals surface area contributed by atoms with Gasteiger partial charge in [-0.1, -0.05) is 11.6 Å². The number of carboxylic acids is 1. The van der Waals surface area contributed by atoms with Crippen molar-refractivity contribution in [2.45, 2.75) is 0 Å². The predicted octanol–water partition coefficient (Wildman–Crippen LogP) is -1.05. The topological polar surface area (TPSA) is 80.4 Å². The number of benzene rings is 1. The number of hydrogen-bond donors (Lipinski definition) is 1. The number of carboxylic acid groups (broad SMARTS) is 1. The van der Waals surface area contributed by atoms with E-state index in [0.717, 1.165) is 18.2 Å². The summed E-state index contributed by atoms with van der Waals surface area (Å²) in [6, 6.07) is 3.20. The van der Waals surface area contributed by atoms with Crippen LogP contribution in [0, 0.1) is 10.1 Å². The SMILES string of the molecule is O=C(O)c1ccc([N+](=O)[O-])cc1Cl.[K+]. The zero-order valence-corrected chi connectivity index (χ0v) is 11.1. The van der Waals surface area contributed by atoms with Crippen LogP contribution >= 0.6 is 11.6 Å². The van der Waals surface area contributed by atoms with E-state index in [2.05, 4.69) is 0 Å². The summed E-state index contributed by atoms with van der Waals surface area (Å²) in [5.74, 6) is -1.21. The molecule has 1 aromatic rings. The fraction of sp³-hybridized carbons (Fsp3) is 0. The van der Waals surface area contributed by atoms with Crippen LogP contribution in [-0.2, 0) is 0 Å². The third kappa shape index (κ3) is 3.30. The van der Waals surface area contributed by atoms with E-state index >= 15 is 0 Å². The number of nitro benzene ring substituents is 1. The first-order valence-electron chi connectivity index (χ1n) is 3.19. The van der Waals surface area contributed by atoms with Crippen LogP contribution in [-0.4, -0.2) is 16.0 Å². The molecule has 0 fully saturated rings. The molecule has 0 aliphatic rings. The molecule has 5 nitrogen and oxygen atoms in total. The van der Waals surface area contributed by atoms with Crippen molar-refractivity contribution in [3.8, 4) is 0 Å². The van der Waals surface area contributed by atoms with Crippen molar-refractivity contribution < 1.29 is 66.2 Å². The molecular formula is C7H4ClKNO4+. The molecule has 0 aromatic heterocycles. The first-order valence-corrected chi connectivity index (χ1v) is 3.57. The molecule has 0 amide bonds. The Morgan fingerprint density at radius 1 is 1.50 bits per heavy atom. The van der Waals surface area contributed by atoms with Crippen LogP contribution in [0.1, 0.15) is 10.4 Å². The Morgan fingerprint density at radius 3 is 2.43 bits per heavy atom. The van der Waals surface area contributed by atoms with E-state index in [0.29, 0.717) is 0 Å². The van der Waals surface area contributed by atoms with Crippen LogP contribution < -0.4 is 51.4 Å². The molecule has 1 N–H and O–H groups in total. The van der Waals surface area contributed by atoms with Crippen LogP contribution in [0.15, 0.2) is 18.2 Å². The van der Waals surface area contributed by atoms with E-state index in [1.165, 1.54) is 0 Å². The van der Waals surface area contributed by atoms with Crippen molar-refractivity contribution in [2.75, 3.05) is 0 Å². The molecule has 7 heteroatoms. The Hall–Kier alpha value is 0.0164. The summed E-state index contributed by atoms with van der Waals surface area (Å²) in [5.41, 5.74) is -0.373. The van der Waals surface area contributed by atoms with Gasteiger partial charge in [0.15, 0.2) is 0 Å². The summed E-state index contributed by atoms with van der Waals surface area (Å²) in [5, 5.41) is 18.6. The van der Waals surface area contributed by atoms with Crippen molar-refractivity contribution >= 4 is 23.3 Å². The molecule has 0 saturated carbocycles. The maximum absolute atomic E-state index is 10.4. The van der Waals surface area contributed by atoms with Gasteiger partial charge in [-0.25, -0.2) is 4.79 Å². The molecule has 0 aliphatic carbocycles. The number of hydrogen-bond acceptors (Lipinski definition) is 3. The summed E-state index contributed by atoms with van der Waals surface area (Å²) in [7, 11) is 0. The van der Waals surface area contributed by atoms with Gasteiger partial charge in [-0.15, -0.1) is 0 Å². The number of rotatable bonds is 2. The quantitative estimate of drug-likeness (QED) is 0.406. The van der Waals surface area contributed by atoms with Crippen LogP contribution in [0.5, 0.6) is 0 Å².